The van der Waals surface area contributed by atoms with Crippen molar-refractivity contribution in [3.05, 3.63) is 65.9 Å². The molecule has 0 saturated heterocycles. The molecule has 0 fully saturated rings. The number of para-hydroxylation sites is 1. The Kier molecular flexibility index (Phi) is 5.46. The van der Waals surface area contributed by atoms with Crippen LogP contribution in [0.3, 0.4) is 0 Å². The second kappa shape index (κ2) is 7.94. The van der Waals surface area contributed by atoms with Gasteiger partial charge in [0.1, 0.15) is 0 Å². The van der Waals surface area contributed by atoms with Crippen molar-refractivity contribution in [2.24, 2.45) is 0 Å². The number of amides is 1. The molecule has 0 spiro atoms. The van der Waals surface area contributed by atoms with Gasteiger partial charge in [0, 0.05) is 24.9 Å². The number of carbonyl (C=O) groups excluding carboxylic acids is 1. The van der Waals surface area contributed by atoms with Crippen LogP contribution in [0, 0.1) is 6.92 Å². The zero-order valence-corrected chi connectivity index (χ0v) is 14.4. The third-order valence-corrected chi connectivity index (χ3v) is 4.34. The highest BCUT2D eigenvalue weighted by molar-refractivity contribution is 5.82. The van der Waals surface area contributed by atoms with E-state index in [-0.39, 0.29) is 12.5 Å². The van der Waals surface area contributed by atoms with Gasteiger partial charge in [0.15, 0.2) is 0 Å². The summed E-state index contributed by atoms with van der Waals surface area (Å²) in [6.45, 7) is 3.40. The number of aromatic nitrogens is 2. The lowest BCUT2D eigenvalue weighted by atomic mass is 10.1. The molecule has 1 N–H and O–H groups in total. The van der Waals surface area contributed by atoms with E-state index in [2.05, 4.69) is 18.1 Å². The van der Waals surface area contributed by atoms with Crippen molar-refractivity contribution in [2.75, 3.05) is 13.2 Å². The van der Waals surface area contributed by atoms with Gasteiger partial charge < -0.3 is 10.0 Å². The molecular weight excluding hydrogens is 314 g/mol. The Morgan fingerprint density at radius 3 is 2.72 bits per heavy atom. The lowest BCUT2D eigenvalue weighted by Crippen LogP contribution is -2.33. The number of aliphatic hydroxyl groups is 1. The Labute approximate surface area is 147 Å². The van der Waals surface area contributed by atoms with E-state index in [9.17, 15) is 9.90 Å². The number of benzene rings is 2. The molecule has 0 aliphatic rings. The number of hydrogen-bond acceptors (Lipinski definition) is 3. The van der Waals surface area contributed by atoms with Crippen LogP contribution in [0.4, 0.5) is 0 Å². The van der Waals surface area contributed by atoms with E-state index < -0.39 is 0 Å². The van der Waals surface area contributed by atoms with E-state index in [4.69, 9.17) is 0 Å². The van der Waals surface area contributed by atoms with Crippen LogP contribution >= 0.6 is 0 Å². The molecule has 3 rings (SSSR count). The Morgan fingerprint density at radius 1 is 1.16 bits per heavy atom. The molecular formula is C20H23N3O2. The van der Waals surface area contributed by atoms with Crippen molar-refractivity contribution in [1.82, 2.24) is 14.7 Å². The highest BCUT2D eigenvalue weighted by atomic mass is 16.3. The van der Waals surface area contributed by atoms with Crippen LogP contribution in [0.2, 0.25) is 0 Å². The van der Waals surface area contributed by atoms with Gasteiger partial charge in [-0.25, -0.2) is 0 Å². The molecule has 1 heterocycles. The molecule has 2 aromatic carbocycles. The van der Waals surface area contributed by atoms with E-state index in [0.29, 0.717) is 26.1 Å². The van der Waals surface area contributed by atoms with E-state index in [1.807, 2.05) is 53.3 Å². The van der Waals surface area contributed by atoms with Crippen molar-refractivity contribution in [2.45, 2.75) is 26.4 Å². The maximum absolute atomic E-state index is 12.6. The van der Waals surface area contributed by atoms with Gasteiger partial charge in [-0.05, 0) is 18.1 Å². The zero-order chi connectivity index (χ0) is 17.6. The first-order chi connectivity index (χ1) is 12.2. The minimum Gasteiger partial charge on any atom is -0.395 e. The summed E-state index contributed by atoms with van der Waals surface area (Å²) in [6.07, 6.45) is 2.19. The summed E-state index contributed by atoms with van der Waals surface area (Å²) in [7, 11) is 0. The van der Waals surface area contributed by atoms with Crippen LogP contribution < -0.4 is 0 Å². The normalized spacial score (nSPS) is 11.0. The number of carbonyl (C=O) groups is 1. The summed E-state index contributed by atoms with van der Waals surface area (Å²) in [5.41, 5.74) is 3.29. The quantitative estimate of drug-likeness (QED) is 0.721. The molecule has 25 heavy (non-hydrogen) atoms. The average molecular weight is 337 g/mol. The Balaban J connectivity index is 1.68. The summed E-state index contributed by atoms with van der Waals surface area (Å²) in [4.78, 5) is 14.3. The second-order valence-corrected chi connectivity index (χ2v) is 6.15. The number of aliphatic hydroxyl groups excluding tert-OH is 1. The van der Waals surface area contributed by atoms with Crippen molar-refractivity contribution < 1.29 is 9.90 Å². The minimum atomic E-state index is -0.0393. The zero-order valence-electron chi connectivity index (χ0n) is 14.4. The Morgan fingerprint density at radius 2 is 1.96 bits per heavy atom. The summed E-state index contributed by atoms with van der Waals surface area (Å²) < 4.78 is 1.89. The molecule has 5 nitrogen and oxygen atoms in total. The van der Waals surface area contributed by atoms with Gasteiger partial charge in [0.2, 0.25) is 5.91 Å². The predicted molar refractivity (Wildman–Crippen MR) is 98.0 cm³/mol. The van der Waals surface area contributed by atoms with Crippen LogP contribution in [0.1, 0.15) is 17.5 Å². The molecule has 0 aliphatic carbocycles. The summed E-state index contributed by atoms with van der Waals surface area (Å²) in [5, 5.41) is 14.8. The lowest BCUT2D eigenvalue weighted by molar-refractivity contribution is -0.132. The van der Waals surface area contributed by atoms with Crippen LogP contribution in [-0.2, 0) is 17.9 Å². The molecule has 0 aliphatic heterocycles. The van der Waals surface area contributed by atoms with Crippen LogP contribution in [0.5, 0.6) is 0 Å². The van der Waals surface area contributed by atoms with Crippen molar-refractivity contribution in [1.29, 1.82) is 0 Å². The van der Waals surface area contributed by atoms with E-state index in [0.717, 1.165) is 22.0 Å². The Bertz CT molecular complexity index is 843. The van der Waals surface area contributed by atoms with E-state index in [1.54, 1.807) is 4.90 Å². The van der Waals surface area contributed by atoms with Crippen molar-refractivity contribution in [3.63, 3.8) is 0 Å². The maximum atomic E-state index is 12.6. The first-order valence-corrected chi connectivity index (χ1v) is 8.52. The third kappa shape index (κ3) is 4.06. The predicted octanol–water partition coefficient (Wildman–Crippen LogP) is 2.76. The van der Waals surface area contributed by atoms with Gasteiger partial charge in [-0.1, -0.05) is 48.5 Å². The SMILES string of the molecule is Cc1cccc2cnn(CCC(=O)N(CCO)Cc3ccccc3)c12. The third-order valence-electron chi connectivity index (χ3n) is 4.34. The highest BCUT2D eigenvalue weighted by Crippen LogP contribution is 2.18. The molecule has 130 valence electrons. The number of rotatable bonds is 7. The molecule has 0 radical (unpaired) electrons. The molecule has 1 aromatic heterocycles. The molecule has 5 heteroatoms. The minimum absolute atomic E-state index is 0.0233. The topological polar surface area (TPSA) is 58.4 Å². The first kappa shape index (κ1) is 17.2. The first-order valence-electron chi connectivity index (χ1n) is 8.52. The smallest absolute Gasteiger partial charge is 0.224 e. The number of fused-ring (bicyclic) bond motifs is 1. The van der Waals surface area contributed by atoms with E-state index >= 15 is 0 Å². The van der Waals surface area contributed by atoms with E-state index in [1.165, 1.54) is 0 Å². The fourth-order valence-electron chi connectivity index (χ4n) is 3.07. The van der Waals surface area contributed by atoms with Gasteiger partial charge >= 0.3 is 0 Å². The van der Waals surface area contributed by atoms with Gasteiger partial charge in [-0.15, -0.1) is 0 Å². The average Bonchev–Trinajstić information content (AvgIpc) is 3.05. The molecule has 0 unspecified atom stereocenters. The summed E-state index contributed by atoms with van der Waals surface area (Å²) in [6, 6.07) is 15.9. The Hall–Kier alpha value is -2.66. The number of hydrogen-bond donors (Lipinski definition) is 1. The molecule has 1 amide bonds. The van der Waals surface area contributed by atoms with Gasteiger partial charge in [-0.2, -0.15) is 5.10 Å². The second-order valence-electron chi connectivity index (χ2n) is 6.15. The molecule has 3 aromatic rings. The van der Waals surface area contributed by atoms with Crippen LogP contribution in [0.15, 0.2) is 54.7 Å². The number of nitrogens with zero attached hydrogens (tertiary/aromatic N) is 3. The largest absolute Gasteiger partial charge is 0.395 e. The fourth-order valence-corrected chi connectivity index (χ4v) is 3.07. The van der Waals surface area contributed by atoms with Gasteiger partial charge in [0.25, 0.3) is 0 Å². The number of aryl methyl sites for hydroxylation is 2. The monoisotopic (exact) mass is 337 g/mol. The lowest BCUT2D eigenvalue weighted by Gasteiger charge is -2.22. The molecule has 0 atom stereocenters. The fraction of sp³-hybridized carbons (Fsp3) is 0.300. The van der Waals surface area contributed by atoms with Crippen molar-refractivity contribution in [3.8, 4) is 0 Å². The van der Waals surface area contributed by atoms with Gasteiger partial charge in [0.05, 0.1) is 24.9 Å². The summed E-state index contributed by atoms with van der Waals surface area (Å²) in [5.74, 6) is 0.0233. The summed E-state index contributed by atoms with van der Waals surface area (Å²) >= 11 is 0. The molecule has 0 saturated carbocycles. The molecule has 0 bridgehead atoms. The van der Waals surface area contributed by atoms with Crippen LogP contribution in [0.25, 0.3) is 10.9 Å². The van der Waals surface area contributed by atoms with Crippen molar-refractivity contribution >= 4 is 16.8 Å². The van der Waals surface area contributed by atoms with Crippen LogP contribution in [-0.4, -0.2) is 38.8 Å². The van der Waals surface area contributed by atoms with Gasteiger partial charge in [-0.3, -0.25) is 9.48 Å². The standard InChI is InChI=1S/C20H23N3O2/c1-16-6-5-9-18-14-21-23(20(16)18)11-10-19(25)22(12-13-24)15-17-7-3-2-4-8-17/h2-9,14,24H,10-13,15H2,1H3. The maximum Gasteiger partial charge on any atom is 0.224 e. The highest BCUT2D eigenvalue weighted by Gasteiger charge is 2.14.